The topological polar surface area (TPSA) is 29.3 Å². The molecule has 0 amide bonds. The maximum atomic E-state index is 12.7. The molecule has 0 aromatic heterocycles. The predicted molar refractivity (Wildman–Crippen MR) is 74.5 cm³/mol. The maximum absolute atomic E-state index is 12.7. The zero-order valence-electron chi connectivity index (χ0n) is 11.9. The van der Waals surface area contributed by atoms with Crippen LogP contribution in [0.2, 0.25) is 0 Å². The van der Waals surface area contributed by atoms with E-state index in [2.05, 4.69) is 0 Å². The van der Waals surface area contributed by atoms with Gasteiger partial charge in [-0.3, -0.25) is 4.90 Å². The van der Waals surface area contributed by atoms with Crippen LogP contribution >= 0.6 is 0 Å². The van der Waals surface area contributed by atoms with Crippen LogP contribution in [0.25, 0.3) is 0 Å². The third-order valence-electron chi connectivity index (χ3n) is 4.00. The summed E-state index contributed by atoms with van der Waals surface area (Å²) < 4.78 is 38.0. The first-order chi connectivity index (χ1) is 9.22. The van der Waals surface area contributed by atoms with Crippen molar-refractivity contribution >= 4 is 5.69 Å². The minimum atomic E-state index is -4.15. The van der Waals surface area contributed by atoms with Crippen LogP contribution in [0.1, 0.15) is 32.3 Å². The average molecular weight is 286 g/mol. The van der Waals surface area contributed by atoms with Crippen LogP contribution in [0.15, 0.2) is 24.3 Å². The van der Waals surface area contributed by atoms with Crippen molar-refractivity contribution in [1.82, 2.24) is 4.90 Å². The minimum Gasteiger partial charge on any atom is -0.399 e. The molecule has 0 radical (unpaired) electrons. The number of nitrogen functional groups attached to an aromatic ring is 1. The molecule has 0 saturated heterocycles. The first kappa shape index (κ1) is 15.2. The summed E-state index contributed by atoms with van der Waals surface area (Å²) in [5, 5.41) is 0. The van der Waals surface area contributed by atoms with Gasteiger partial charge in [-0.2, -0.15) is 13.2 Å². The SMILES string of the molecule is CC(C)N(CC(F)(F)F)CC1(c2ccc(N)cc2)CC1. The summed E-state index contributed by atoms with van der Waals surface area (Å²) in [6.45, 7) is 3.23. The molecule has 112 valence electrons. The molecule has 0 aliphatic heterocycles. The third kappa shape index (κ3) is 3.66. The first-order valence-electron chi connectivity index (χ1n) is 6.89. The van der Waals surface area contributed by atoms with Gasteiger partial charge in [0, 0.05) is 23.7 Å². The molecule has 2 N–H and O–H groups in total. The van der Waals surface area contributed by atoms with Crippen LogP contribution in [0.5, 0.6) is 0 Å². The molecule has 20 heavy (non-hydrogen) atoms. The Balaban J connectivity index is 2.11. The Hall–Kier alpha value is -1.23. The molecule has 1 saturated carbocycles. The van der Waals surface area contributed by atoms with Gasteiger partial charge in [0.1, 0.15) is 0 Å². The number of hydrogen-bond donors (Lipinski definition) is 1. The van der Waals surface area contributed by atoms with E-state index in [1.807, 2.05) is 38.1 Å². The predicted octanol–water partition coefficient (Wildman–Crippen LogP) is 3.57. The summed E-state index contributed by atoms with van der Waals surface area (Å²) in [5.41, 5.74) is 7.32. The maximum Gasteiger partial charge on any atom is 0.401 e. The Bertz CT molecular complexity index is 447. The second kappa shape index (κ2) is 5.28. The van der Waals surface area contributed by atoms with Crippen molar-refractivity contribution < 1.29 is 13.2 Å². The lowest BCUT2D eigenvalue weighted by Gasteiger charge is -2.31. The Labute approximate surface area is 117 Å². The molecule has 0 spiro atoms. The Morgan fingerprint density at radius 3 is 2.15 bits per heavy atom. The van der Waals surface area contributed by atoms with Gasteiger partial charge in [0.15, 0.2) is 0 Å². The molecule has 2 nitrogen and oxygen atoms in total. The van der Waals surface area contributed by atoms with E-state index in [0.717, 1.165) is 18.4 Å². The van der Waals surface area contributed by atoms with Crippen LogP contribution in [-0.4, -0.2) is 30.2 Å². The van der Waals surface area contributed by atoms with E-state index >= 15 is 0 Å². The van der Waals surface area contributed by atoms with E-state index in [9.17, 15) is 13.2 Å². The molecule has 0 unspecified atom stereocenters. The lowest BCUT2D eigenvalue weighted by atomic mass is 9.94. The van der Waals surface area contributed by atoms with Gasteiger partial charge >= 0.3 is 6.18 Å². The highest BCUT2D eigenvalue weighted by molar-refractivity contribution is 5.43. The van der Waals surface area contributed by atoms with Crippen molar-refractivity contribution in [1.29, 1.82) is 0 Å². The van der Waals surface area contributed by atoms with E-state index in [1.165, 1.54) is 4.90 Å². The smallest absolute Gasteiger partial charge is 0.399 e. The molecule has 1 fully saturated rings. The number of hydrogen-bond acceptors (Lipinski definition) is 2. The fraction of sp³-hybridized carbons (Fsp3) is 0.600. The Kier molecular flexibility index (Phi) is 4.00. The molecule has 1 aliphatic rings. The minimum absolute atomic E-state index is 0.122. The highest BCUT2D eigenvalue weighted by Crippen LogP contribution is 2.49. The summed E-state index contributed by atoms with van der Waals surface area (Å²) in [6.07, 6.45) is -2.27. The van der Waals surface area contributed by atoms with Crippen LogP contribution in [0.3, 0.4) is 0 Å². The molecule has 5 heteroatoms. The number of anilines is 1. The summed E-state index contributed by atoms with van der Waals surface area (Å²) >= 11 is 0. The van der Waals surface area contributed by atoms with Crippen molar-refractivity contribution in [3.05, 3.63) is 29.8 Å². The van der Waals surface area contributed by atoms with Crippen molar-refractivity contribution in [2.45, 2.75) is 44.3 Å². The fourth-order valence-corrected chi connectivity index (χ4v) is 2.57. The first-order valence-corrected chi connectivity index (χ1v) is 6.89. The molecular weight excluding hydrogens is 265 g/mol. The summed E-state index contributed by atoms with van der Waals surface area (Å²) in [7, 11) is 0. The molecule has 0 atom stereocenters. The Morgan fingerprint density at radius 2 is 1.75 bits per heavy atom. The van der Waals surface area contributed by atoms with Crippen LogP contribution in [-0.2, 0) is 5.41 Å². The van der Waals surface area contributed by atoms with E-state index in [0.29, 0.717) is 12.2 Å². The van der Waals surface area contributed by atoms with Gasteiger partial charge < -0.3 is 5.73 Å². The van der Waals surface area contributed by atoms with Gasteiger partial charge in [-0.25, -0.2) is 0 Å². The van der Waals surface area contributed by atoms with Crippen molar-refractivity contribution in [2.24, 2.45) is 0 Å². The third-order valence-corrected chi connectivity index (χ3v) is 4.00. The molecule has 1 aliphatic carbocycles. The number of halogens is 3. The highest BCUT2D eigenvalue weighted by Gasteiger charge is 2.47. The summed E-state index contributed by atoms with van der Waals surface area (Å²) in [6, 6.07) is 7.39. The lowest BCUT2D eigenvalue weighted by molar-refractivity contribution is -0.150. The number of nitrogens with two attached hydrogens (primary N) is 1. The van der Waals surface area contributed by atoms with Crippen molar-refractivity contribution in [3.8, 4) is 0 Å². The standard InChI is InChI=1S/C15H21F3N2/c1-11(2)20(10-15(16,17)18)9-14(7-8-14)12-3-5-13(19)6-4-12/h3-6,11H,7-10,19H2,1-2H3. The number of rotatable bonds is 5. The van der Waals surface area contributed by atoms with E-state index in [1.54, 1.807) is 0 Å². The monoisotopic (exact) mass is 286 g/mol. The zero-order valence-corrected chi connectivity index (χ0v) is 11.9. The van der Waals surface area contributed by atoms with Crippen molar-refractivity contribution in [2.75, 3.05) is 18.8 Å². The number of alkyl halides is 3. The van der Waals surface area contributed by atoms with E-state index < -0.39 is 12.7 Å². The largest absolute Gasteiger partial charge is 0.401 e. The molecule has 0 bridgehead atoms. The van der Waals surface area contributed by atoms with Gasteiger partial charge in [-0.15, -0.1) is 0 Å². The normalized spacial score (nSPS) is 17.8. The Morgan fingerprint density at radius 1 is 1.20 bits per heavy atom. The van der Waals surface area contributed by atoms with Crippen LogP contribution in [0, 0.1) is 0 Å². The van der Waals surface area contributed by atoms with Crippen LogP contribution in [0.4, 0.5) is 18.9 Å². The fourth-order valence-electron chi connectivity index (χ4n) is 2.57. The second-order valence-corrected chi connectivity index (χ2v) is 6.02. The molecule has 1 aromatic carbocycles. The average Bonchev–Trinajstić information content (AvgIpc) is 3.08. The highest BCUT2D eigenvalue weighted by atomic mass is 19.4. The van der Waals surface area contributed by atoms with Gasteiger partial charge in [-0.05, 0) is 44.4 Å². The number of nitrogens with zero attached hydrogens (tertiary/aromatic N) is 1. The summed E-state index contributed by atoms with van der Waals surface area (Å²) in [4.78, 5) is 1.52. The molecule has 0 heterocycles. The molecule has 1 aromatic rings. The van der Waals surface area contributed by atoms with Gasteiger partial charge in [-0.1, -0.05) is 12.1 Å². The zero-order chi connectivity index (χ0) is 15.0. The lowest BCUT2D eigenvalue weighted by Crippen LogP contribution is -2.43. The second-order valence-electron chi connectivity index (χ2n) is 6.02. The summed E-state index contributed by atoms with van der Waals surface area (Å²) in [5.74, 6) is 0. The molecule has 2 rings (SSSR count). The van der Waals surface area contributed by atoms with Crippen molar-refractivity contribution in [3.63, 3.8) is 0 Å². The van der Waals surface area contributed by atoms with Gasteiger partial charge in [0.05, 0.1) is 6.54 Å². The van der Waals surface area contributed by atoms with Gasteiger partial charge in [0.25, 0.3) is 0 Å². The van der Waals surface area contributed by atoms with Gasteiger partial charge in [0.2, 0.25) is 0 Å². The molecular formula is C15H21F3N2. The van der Waals surface area contributed by atoms with E-state index in [-0.39, 0.29) is 11.5 Å². The quantitative estimate of drug-likeness (QED) is 0.838. The van der Waals surface area contributed by atoms with Crippen LogP contribution < -0.4 is 5.73 Å². The van der Waals surface area contributed by atoms with E-state index in [4.69, 9.17) is 5.73 Å². The number of benzene rings is 1.